The molecule has 2 rings (SSSR count). The Balaban J connectivity index is 2.33. The van der Waals surface area contributed by atoms with Crippen LogP contribution >= 0.6 is 11.8 Å². The Bertz CT molecular complexity index is 406. The number of fused-ring (bicyclic) bond motifs is 1. The normalized spacial score (nSPS) is 14.8. The second kappa shape index (κ2) is 4.89. The third kappa shape index (κ3) is 2.23. The van der Waals surface area contributed by atoms with Gasteiger partial charge in [0.05, 0.1) is 5.94 Å². The highest BCUT2D eigenvalue weighted by molar-refractivity contribution is 7.99. The number of thioether (sulfide) groups is 1. The largest absolute Gasteiger partial charge is 0.385 e. The van der Waals surface area contributed by atoms with Crippen LogP contribution in [0.25, 0.3) is 0 Å². The molecule has 1 aliphatic heterocycles. The van der Waals surface area contributed by atoms with Crippen molar-refractivity contribution in [3.05, 3.63) is 23.8 Å². The van der Waals surface area contributed by atoms with E-state index in [2.05, 4.69) is 6.07 Å². The van der Waals surface area contributed by atoms with Crippen LogP contribution in [-0.4, -0.2) is 23.5 Å². The van der Waals surface area contributed by atoms with Gasteiger partial charge in [0.2, 0.25) is 5.91 Å². The summed E-state index contributed by atoms with van der Waals surface area (Å²) < 4.78 is 0. The van der Waals surface area contributed by atoms with Crippen LogP contribution in [0.5, 0.6) is 0 Å². The van der Waals surface area contributed by atoms with Crippen molar-refractivity contribution < 1.29 is 9.90 Å². The van der Waals surface area contributed by atoms with Crippen LogP contribution in [0, 0.1) is 0 Å². The first kappa shape index (κ1) is 11.5. The van der Waals surface area contributed by atoms with Gasteiger partial charge in [0.15, 0.2) is 0 Å². The van der Waals surface area contributed by atoms with Crippen LogP contribution in [-0.2, 0) is 11.2 Å². The number of aryl methyl sites for hydroxylation is 1. The van der Waals surface area contributed by atoms with Crippen LogP contribution in [0.3, 0.4) is 0 Å². The molecule has 3 nitrogen and oxygen atoms in total. The van der Waals surface area contributed by atoms with E-state index >= 15 is 0 Å². The molecule has 86 valence electrons. The van der Waals surface area contributed by atoms with E-state index in [-0.39, 0.29) is 11.8 Å². The lowest BCUT2D eigenvalue weighted by atomic mass is 10.0. The van der Waals surface area contributed by atoms with E-state index in [0.29, 0.717) is 0 Å². The summed E-state index contributed by atoms with van der Waals surface area (Å²) in [6.07, 6.45) is 2.03. The molecular formula is C12H15NO2S. The molecule has 0 radical (unpaired) electrons. The van der Waals surface area contributed by atoms with Gasteiger partial charge >= 0.3 is 0 Å². The van der Waals surface area contributed by atoms with E-state index in [1.54, 1.807) is 6.92 Å². The fourth-order valence-electron chi connectivity index (χ4n) is 2.06. The van der Waals surface area contributed by atoms with Gasteiger partial charge in [-0.05, 0) is 36.6 Å². The molecule has 0 unspecified atom stereocenters. The van der Waals surface area contributed by atoms with E-state index in [1.165, 1.54) is 17.3 Å². The SMILES string of the molecule is CC(=O)N1CCCc2cc(SCO)ccc21. The van der Waals surface area contributed by atoms with Gasteiger partial charge in [0.1, 0.15) is 0 Å². The van der Waals surface area contributed by atoms with E-state index < -0.39 is 0 Å². The topological polar surface area (TPSA) is 40.5 Å². The number of anilines is 1. The van der Waals surface area contributed by atoms with Gasteiger partial charge in [-0.3, -0.25) is 4.79 Å². The zero-order chi connectivity index (χ0) is 11.5. The number of nitrogens with zero attached hydrogens (tertiary/aromatic N) is 1. The number of carbonyl (C=O) groups excluding carboxylic acids is 1. The van der Waals surface area contributed by atoms with Crippen molar-refractivity contribution in [3.63, 3.8) is 0 Å². The van der Waals surface area contributed by atoms with Gasteiger partial charge in [-0.2, -0.15) is 0 Å². The summed E-state index contributed by atoms with van der Waals surface area (Å²) in [5.41, 5.74) is 2.24. The first-order valence-corrected chi connectivity index (χ1v) is 6.35. The molecule has 4 heteroatoms. The second-order valence-electron chi connectivity index (χ2n) is 3.84. The number of benzene rings is 1. The number of carbonyl (C=O) groups is 1. The molecular weight excluding hydrogens is 222 g/mol. The van der Waals surface area contributed by atoms with E-state index in [9.17, 15) is 4.79 Å². The highest BCUT2D eigenvalue weighted by Gasteiger charge is 2.19. The number of hydrogen-bond donors (Lipinski definition) is 1. The van der Waals surface area contributed by atoms with Crippen molar-refractivity contribution in [3.8, 4) is 0 Å². The van der Waals surface area contributed by atoms with E-state index in [1.807, 2.05) is 17.0 Å². The Hall–Kier alpha value is -1.00. The van der Waals surface area contributed by atoms with Gasteiger partial charge in [-0.25, -0.2) is 0 Å². The molecule has 1 amide bonds. The maximum atomic E-state index is 11.5. The zero-order valence-corrected chi connectivity index (χ0v) is 10.1. The lowest BCUT2D eigenvalue weighted by molar-refractivity contribution is -0.116. The third-order valence-corrected chi connectivity index (χ3v) is 3.50. The minimum Gasteiger partial charge on any atom is -0.385 e. The molecule has 1 aliphatic rings. The molecule has 0 saturated heterocycles. The summed E-state index contributed by atoms with van der Waals surface area (Å²) in [5.74, 6) is 0.193. The zero-order valence-electron chi connectivity index (χ0n) is 9.27. The number of rotatable bonds is 2. The predicted octanol–water partition coefficient (Wildman–Crippen LogP) is 2.03. The summed E-state index contributed by atoms with van der Waals surface area (Å²) in [7, 11) is 0. The van der Waals surface area contributed by atoms with Gasteiger partial charge in [-0.15, -0.1) is 0 Å². The highest BCUT2D eigenvalue weighted by Crippen LogP contribution is 2.31. The molecule has 0 saturated carbocycles. The Morgan fingerprint density at radius 3 is 3.06 bits per heavy atom. The van der Waals surface area contributed by atoms with Crippen molar-refractivity contribution in [1.82, 2.24) is 0 Å². The minimum absolute atomic E-state index is 0.0925. The average Bonchev–Trinajstić information content (AvgIpc) is 2.28. The van der Waals surface area contributed by atoms with Crippen molar-refractivity contribution in [1.29, 1.82) is 0 Å². The first-order chi connectivity index (χ1) is 7.72. The molecule has 0 aromatic heterocycles. The monoisotopic (exact) mass is 237 g/mol. The summed E-state index contributed by atoms with van der Waals surface area (Å²) in [6.45, 7) is 2.42. The Labute approximate surface area is 99.5 Å². The average molecular weight is 237 g/mol. The molecule has 1 heterocycles. The van der Waals surface area contributed by atoms with Crippen LogP contribution < -0.4 is 4.90 Å². The molecule has 0 aliphatic carbocycles. The Morgan fingerprint density at radius 2 is 2.38 bits per heavy atom. The quantitative estimate of drug-likeness (QED) is 0.632. The first-order valence-electron chi connectivity index (χ1n) is 5.37. The maximum absolute atomic E-state index is 11.5. The van der Waals surface area contributed by atoms with E-state index in [0.717, 1.165) is 30.0 Å². The van der Waals surface area contributed by atoms with Crippen LogP contribution in [0.4, 0.5) is 5.69 Å². The Morgan fingerprint density at radius 1 is 1.56 bits per heavy atom. The van der Waals surface area contributed by atoms with Crippen LogP contribution in [0.2, 0.25) is 0 Å². The van der Waals surface area contributed by atoms with Crippen LogP contribution in [0.1, 0.15) is 18.9 Å². The molecule has 1 aromatic carbocycles. The fraction of sp³-hybridized carbons (Fsp3) is 0.417. The number of aliphatic hydroxyl groups is 1. The van der Waals surface area contributed by atoms with Gasteiger partial charge < -0.3 is 10.0 Å². The highest BCUT2D eigenvalue weighted by atomic mass is 32.2. The van der Waals surface area contributed by atoms with Crippen molar-refractivity contribution in [2.45, 2.75) is 24.7 Å². The number of hydrogen-bond acceptors (Lipinski definition) is 3. The molecule has 0 atom stereocenters. The standard InChI is InChI=1S/C12H15NO2S/c1-9(15)13-6-2-3-10-7-11(16-8-14)4-5-12(10)13/h4-5,7,14H,2-3,6,8H2,1H3. The van der Waals surface area contributed by atoms with Gasteiger partial charge in [-0.1, -0.05) is 11.8 Å². The molecule has 1 N–H and O–H groups in total. The minimum atomic E-state index is 0.0925. The Kier molecular flexibility index (Phi) is 3.51. The molecule has 0 bridgehead atoms. The third-order valence-electron chi connectivity index (χ3n) is 2.78. The lowest BCUT2D eigenvalue weighted by Gasteiger charge is -2.28. The van der Waals surface area contributed by atoms with Gasteiger partial charge in [0.25, 0.3) is 0 Å². The molecule has 1 aromatic rings. The van der Waals surface area contributed by atoms with Gasteiger partial charge in [0, 0.05) is 24.1 Å². The summed E-state index contributed by atoms with van der Waals surface area (Å²) in [4.78, 5) is 14.3. The fourth-order valence-corrected chi connectivity index (χ4v) is 2.60. The smallest absolute Gasteiger partial charge is 0.223 e. The van der Waals surface area contributed by atoms with E-state index in [4.69, 9.17) is 5.11 Å². The van der Waals surface area contributed by atoms with Crippen molar-refractivity contribution >= 4 is 23.4 Å². The number of amides is 1. The summed E-state index contributed by atoms with van der Waals surface area (Å²) in [6, 6.07) is 6.01. The maximum Gasteiger partial charge on any atom is 0.223 e. The number of aliphatic hydroxyl groups excluding tert-OH is 1. The van der Waals surface area contributed by atoms with Crippen molar-refractivity contribution in [2.75, 3.05) is 17.4 Å². The predicted molar refractivity (Wildman–Crippen MR) is 65.7 cm³/mol. The summed E-state index contributed by atoms with van der Waals surface area (Å²) >= 11 is 1.41. The summed E-state index contributed by atoms with van der Waals surface area (Å²) in [5, 5.41) is 8.86. The molecule has 16 heavy (non-hydrogen) atoms. The molecule has 0 spiro atoms. The second-order valence-corrected chi connectivity index (χ2v) is 4.86. The lowest BCUT2D eigenvalue weighted by Crippen LogP contribution is -2.33. The molecule has 0 fully saturated rings. The van der Waals surface area contributed by atoms with Crippen molar-refractivity contribution in [2.24, 2.45) is 0 Å². The van der Waals surface area contributed by atoms with Crippen LogP contribution in [0.15, 0.2) is 23.1 Å².